The number of amides is 2. The molecule has 1 atom stereocenters. The van der Waals surface area contributed by atoms with Gasteiger partial charge in [-0.05, 0) is 32.6 Å². The van der Waals surface area contributed by atoms with Gasteiger partial charge in [0.15, 0.2) is 0 Å². The van der Waals surface area contributed by atoms with E-state index in [0.717, 1.165) is 57.7 Å². The standard InChI is InChI=1S/C20H32N6O2/c1-16-19-22-21-15-26(19)13-12-25(16)14-18(27)23-10-6-17(7-11-23)20(28)24-8-4-2-3-5-9-24/h15-17H,2-14H2,1H3. The molecule has 1 aromatic rings. The molecule has 1 unspecified atom stereocenters. The van der Waals surface area contributed by atoms with Crippen molar-refractivity contribution >= 4 is 11.8 Å². The average Bonchev–Trinajstić information content (AvgIpc) is 3.04. The van der Waals surface area contributed by atoms with Crippen molar-refractivity contribution in [3.8, 4) is 0 Å². The Morgan fingerprint density at radius 2 is 1.68 bits per heavy atom. The minimum absolute atomic E-state index is 0.0922. The summed E-state index contributed by atoms with van der Waals surface area (Å²) in [5, 5.41) is 8.17. The van der Waals surface area contributed by atoms with E-state index in [-0.39, 0.29) is 17.9 Å². The van der Waals surface area contributed by atoms with Crippen molar-refractivity contribution in [1.82, 2.24) is 29.5 Å². The van der Waals surface area contributed by atoms with Crippen molar-refractivity contribution in [2.75, 3.05) is 39.3 Å². The zero-order valence-corrected chi connectivity index (χ0v) is 16.9. The Morgan fingerprint density at radius 3 is 2.39 bits per heavy atom. The van der Waals surface area contributed by atoms with E-state index in [9.17, 15) is 9.59 Å². The Morgan fingerprint density at radius 1 is 0.964 bits per heavy atom. The van der Waals surface area contributed by atoms with E-state index in [0.29, 0.717) is 25.5 Å². The van der Waals surface area contributed by atoms with Gasteiger partial charge in [-0.25, -0.2) is 0 Å². The summed E-state index contributed by atoms with van der Waals surface area (Å²) in [6, 6.07) is 0.0994. The molecule has 0 saturated carbocycles. The Balaban J connectivity index is 1.27. The van der Waals surface area contributed by atoms with Crippen LogP contribution in [0.3, 0.4) is 0 Å². The molecule has 0 radical (unpaired) electrons. The minimum Gasteiger partial charge on any atom is -0.342 e. The van der Waals surface area contributed by atoms with E-state index in [1.807, 2.05) is 4.90 Å². The Kier molecular flexibility index (Phi) is 5.94. The number of rotatable bonds is 3. The maximum Gasteiger partial charge on any atom is 0.236 e. The van der Waals surface area contributed by atoms with Crippen molar-refractivity contribution in [2.24, 2.45) is 5.92 Å². The number of aromatic nitrogens is 3. The largest absolute Gasteiger partial charge is 0.342 e. The Bertz CT molecular complexity index is 689. The van der Waals surface area contributed by atoms with Crippen molar-refractivity contribution in [3.05, 3.63) is 12.2 Å². The van der Waals surface area contributed by atoms with Gasteiger partial charge in [-0.1, -0.05) is 12.8 Å². The van der Waals surface area contributed by atoms with E-state index < -0.39 is 0 Å². The van der Waals surface area contributed by atoms with Gasteiger partial charge in [0.1, 0.15) is 12.2 Å². The molecule has 28 heavy (non-hydrogen) atoms. The lowest BCUT2D eigenvalue weighted by Crippen LogP contribution is -2.49. The van der Waals surface area contributed by atoms with E-state index in [2.05, 4.69) is 31.5 Å². The SMILES string of the molecule is CC1c2nncn2CCN1CC(=O)N1CCC(C(=O)N2CCCCCC2)CC1. The molecule has 0 spiro atoms. The lowest BCUT2D eigenvalue weighted by molar-refractivity contribution is -0.141. The summed E-state index contributed by atoms with van der Waals surface area (Å²) in [7, 11) is 0. The normalized spacial score (nSPS) is 24.7. The second-order valence-electron chi connectivity index (χ2n) is 8.42. The first-order chi connectivity index (χ1) is 13.6. The summed E-state index contributed by atoms with van der Waals surface area (Å²) in [4.78, 5) is 31.9. The number of carbonyl (C=O) groups excluding carboxylic acids is 2. The molecule has 154 valence electrons. The van der Waals surface area contributed by atoms with E-state index in [1.54, 1.807) is 6.33 Å². The van der Waals surface area contributed by atoms with E-state index >= 15 is 0 Å². The fourth-order valence-electron chi connectivity index (χ4n) is 4.77. The van der Waals surface area contributed by atoms with Gasteiger partial charge in [-0.2, -0.15) is 0 Å². The van der Waals surface area contributed by atoms with Crippen LogP contribution in [-0.2, 0) is 16.1 Å². The number of fused-ring (bicyclic) bond motifs is 1. The van der Waals surface area contributed by atoms with Crippen molar-refractivity contribution in [2.45, 2.75) is 58.0 Å². The number of hydrogen-bond donors (Lipinski definition) is 0. The molecule has 0 aromatic carbocycles. The minimum atomic E-state index is 0.0922. The zero-order chi connectivity index (χ0) is 19.5. The van der Waals surface area contributed by atoms with Gasteiger partial charge >= 0.3 is 0 Å². The van der Waals surface area contributed by atoms with Crippen LogP contribution in [0.4, 0.5) is 0 Å². The molecule has 8 heteroatoms. The van der Waals surface area contributed by atoms with Gasteiger partial charge in [-0.15, -0.1) is 10.2 Å². The predicted octanol–water partition coefficient (Wildman–Crippen LogP) is 1.30. The first-order valence-corrected chi connectivity index (χ1v) is 10.8. The summed E-state index contributed by atoms with van der Waals surface area (Å²) in [6.07, 6.45) is 8.09. The molecule has 3 aliphatic heterocycles. The molecular formula is C20H32N6O2. The molecule has 2 saturated heterocycles. The van der Waals surface area contributed by atoms with Crippen molar-refractivity contribution in [1.29, 1.82) is 0 Å². The first kappa shape index (κ1) is 19.4. The third-order valence-electron chi connectivity index (χ3n) is 6.65. The predicted molar refractivity (Wildman–Crippen MR) is 104 cm³/mol. The van der Waals surface area contributed by atoms with E-state index in [4.69, 9.17) is 0 Å². The molecule has 0 bridgehead atoms. The topological polar surface area (TPSA) is 74.6 Å². The van der Waals surface area contributed by atoms with Crippen LogP contribution in [0.15, 0.2) is 6.33 Å². The van der Waals surface area contributed by atoms with Crippen LogP contribution in [0.25, 0.3) is 0 Å². The lowest BCUT2D eigenvalue weighted by atomic mass is 9.95. The number of piperidine rings is 1. The van der Waals surface area contributed by atoms with Crippen LogP contribution >= 0.6 is 0 Å². The number of nitrogens with zero attached hydrogens (tertiary/aromatic N) is 6. The molecule has 1 aromatic heterocycles. The van der Waals surface area contributed by atoms with Crippen molar-refractivity contribution in [3.63, 3.8) is 0 Å². The maximum absolute atomic E-state index is 12.8. The first-order valence-electron chi connectivity index (χ1n) is 10.8. The van der Waals surface area contributed by atoms with Crippen LogP contribution in [0.1, 0.15) is 57.3 Å². The van der Waals surface area contributed by atoms with Crippen LogP contribution in [0, 0.1) is 5.92 Å². The van der Waals surface area contributed by atoms with Gasteiger partial charge in [0.2, 0.25) is 11.8 Å². The van der Waals surface area contributed by atoms with Gasteiger partial charge in [-0.3, -0.25) is 14.5 Å². The molecule has 2 fully saturated rings. The molecule has 2 amide bonds. The highest BCUT2D eigenvalue weighted by atomic mass is 16.2. The Labute approximate surface area is 166 Å². The van der Waals surface area contributed by atoms with Crippen LogP contribution < -0.4 is 0 Å². The summed E-state index contributed by atoms with van der Waals surface area (Å²) in [6.45, 7) is 7.37. The fourth-order valence-corrected chi connectivity index (χ4v) is 4.77. The van der Waals surface area contributed by atoms with Gasteiger partial charge in [0.05, 0.1) is 12.6 Å². The highest BCUT2D eigenvalue weighted by Gasteiger charge is 2.32. The van der Waals surface area contributed by atoms with Crippen LogP contribution in [-0.4, -0.2) is 80.5 Å². The summed E-state index contributed by atoms with van der Waals surface area (Å²) in [5.41, 5.74) is 0. The quantitative estimate of drug-likeness (QED) is 0.780. The molecule has 0 aliphatic carbocycles. The van der Waals surface area contributed by atoms with Crippen molar-refractivity contribution < 1.29 is 9.59 Å². The molecular weight excluding hydrogens is 356 g/mol. The smallest absolute Gasteiger partial charge is 0.236 e. The molecule has 0 N–H and O–H groups in total. The van der Waals surface area contributed by atoms with Crippen LogP contribution in [0.2, 0.25) is 0 Å². The summed E-state index contributed by atoms with van der Waals surface area (Å²) >= 11 is 0. The number of carbonyl (C=O) groups is 2. The third kappa shape index (κ3) is 4.06. The number of likely N-dealkylation sites (tertiary alicyclic amines) is 2. The van der Waals surface area contributed by atoms with Gasteiger partial charge in [0.25, 0.3) is 0 Å². The fraction of sp³-hybridized carbons (Fsp3) is 0.800. The third-order valence-corrected chi connectivity index (χ3v) is 6.65. The zero-order valence-electron chi connectivity index (χ0n) is 16.9. The van der Waals surface area contributed by atoms with Gasteiger partial charge < -0.3 is 14.4 Å². The van der Waals surface area contributed by atoms with Crippen LogP contribution in [0.5, 0.6) is 0 Å². The number of hydrogen-bond acceptors (Lipinski definition) is 5. The van der Waals surface area contributed by atoms with E-state index in [1.165, 1.54) is 12.8 Å². The summed E-state index contributed by atoms with van der Waals surface area (Å²) < 4.78 is 2.06. The highest BCUT2D eigenvalue weighted by molar-refractivity contribution is 5.81. The van der Waals surface area contributed by atoms with Gasteiger partial charge in [0, 0.05) is 45.2 Å². The molecule has 4 rings (SSSR count). The summed E-state index contributed by atoms with van der Waals surface area (Å²) in [5.74, 6) is 1.51. The molecule has 3 aliphatic rings. The second kappa shape index (κ2) is 8.59. The average molecular weight is 389 g/mol. The molecule has 8 nitrogen and oxygen atoms in total. The highest BCUT2D eigenvalue weighted by Crippen LogP contribution is 2.24. The maximum atomic E-state index is 12.8. The molecule has 4 heterocycles. The Hall–Kier alpha value is -1.96. The lowest BCUT2D eigenvalue weighted by Gasteiger charge is -2.37. The second-order valence-corrected chi connectivity index (χ2v) is 8.42. The monoisotopic (exact) mass is 388 g/mol.